The number of alkyl halides is 1. The molecule has 0 aliphatic carbocycles. The summed E-state index contributed by atoms with van der Waals surface area (Å²) in [6, 6.07) is 5.97. The van der Waals surface area contributed by atoms with Gasteiger partial charge in [-0.15, -0.1) is 0 Å². The zero-order valence-electron chi connectivity index (χ0n) is 9.92. The van der Waals surface area contributed by atoms with Gasteiger partial charge >= 0.3 is 5.97 Å². The van der Waals surface area contributed by atoms with Crippen molar-refractivity contribution in [3.05, 3.63) is 24.3 Å². The van der Waals surface area contributed by atoms with Crippen LogP contribution in [-0.4, -0.2) is 39.2 Å². The van der Waals surface area contributed by atoms with E-state index in [1.54, 1.807) is 0 Å². The minimum absolute atomic E-state index is 0.102. The molecule has 0 aliphatic heterocycles. The first-order chi connectivity index (χ1) is 8.34. The molecular formula is C11H13BrO5S. The van der Waals surface area contributed by atoms with E-state index in [4.69, 9.17) is 4.74 Å². The standard InChI is InChI=1S/C11H13BrO5S/c1-16-11(13)10(12)7-17-8-3-5-9(6-4-8)18(2,14)15/h3-6,10H,7H2,1-2H3. The fourth-order valence-corrected chi connectivity index (χ4v) is 2.10. The summed E-state index contributed by atoms with van der Waals surface area (Å²) in [5.74, 6) is 0.0542. The van der Waals surface area contributed by atoms with E-state index >= 15 is 0 Å². The van der Waals surface area contributed by atoms with Gasteiger partial charge < -0.3 is 9.47 Å². The topological polar surface area (TPSA) is 69.7 Å². The van der Waals surface area contributed by atoms with E-state index < -0.39 is 20.6 Å². The van der Waals surface area contributed by atoms with E-state index in [-0.39, 0.29) is 11.5 Å². The lowest BCUT2D eigenvalue weighted by Crippen LogP contribution is -2.22. The molecule has 1 rings (SSSR count). The highest BCUT2D eigenvalue weighted by atomic mass is 79.9. The van der Waals surface area contributed by atoms with Gasteiger partial charge in [-0.2, -0.15) is 0 Å². The van der Waals surface area contributed by atoms with Crippen molar-refractivity contribution in [3.8, 4) is 5.75 Å². The predicted molar refractivity (Wildman–Crippen MR) is 69.8 cm³/mol. The Bertz CT molecular complexity index is 509. The molecule has 100 valence electrons. The second kappa shape index (κ2) is 6.19. The molecule has 0 spiro atoms. The summed E-state index contributed by atoms with van der Waals surface area (Å²) in [6.45, 7) is 0.102. The van der Waals surface area contributed by atoms with Gasteiger partial charge in [-0.3, -0.25) is 4.79 Å². The molecule has 1 atom stereocenters. The Hall–Kier alpha value is -1.08. The molecule has 0 aromatic heterocycles. The smallest absolute Gasteiger partial charge is 0.322 e. The lowest BCUT2D eigenvalue weighted by molar-refractivity contribution is -0.140. The van der Waals surface area contributed by atoms with Crippen molar-refractivity contribution in [2.45, 2.75) is 9.72 Å². The van der Waals surface area contributed by atoms with Crippen LogP contribution >= 0.6 is 15.9 Å². The van der Waals surface area contributed by atoms with Crippen LogP contribution in [0.25, 0.3) is 0 Å². The maximum atomic E-state index is 11.2. The molecule has 18 heavy (non-hydrogen) atoms. The number of hydrogen-bond donors (Lipinski definition) is 0. The summed E-state index contributed by atoms with van der Waals surface area (Å²) in [6.07, 6.45) is 1.13. The summed E-state index contributed by atoms with van der Waals surface area (Å²) in [7, 11) is -1.92. The number of carbonyl (C=O) groups excluding carboxylic acids is 1. The number of esters is 1. The zero-order chi connectivity index (χ0) is 13.8. The summed E-state index contributed by atoms with van der Waals surface area (Å²) in [5, 5.41) is 0. The molecule has 0 heterocycles. The number of rotatable bonds is 5. The molecule has 7 heteroatoms. The van der Waals surface area contributed by atoms with E-state index in [1.807, 2.05) is 0 Å². The Morgan fingerprint density at radius 2 is 1.89 bits per heavy atom. The van der Waals surface area contributed by atoms with Crippen LogP contribution in [0, 0.1) is 0 Å². The third kappa shape index (κ3) is 4.30. The van der Waals surface area contributed by atoms with Crippen LogP contribution in [0.1, 0.15) is 0 Å². The zero-order valence-corrected chi connectivity index (χ0v) is 12.3. The van der Waals surface area contributed by atoms with Crippen molar-refractivity contribution in [3.63, 3.8) is 0 Å². The molecule has 0 N–H and O–H groups in total. The summed E-state index contributed by atoms with van der Waals surface area (Å²) in [4.78, 5) is 10.8. The molecular weight excluding hydrogens is 324 g/mol. The van der Waals surface area contributed by atoms with Gasteiger partial charge in [0.2, 0.25) is 0 Å². The van der Waals surface area contributed by atoms with Crippen LogP contribution in [0.2, 0.25) is 0 Å². The predicted octanol–water partition coefficient (Wildman–Crippen LogP) is 1.41. The van der Waals surface area contributed by atoms with Gasteiger partial charge in [-0.05, 0) is 24.3 Å². The molecule has 5 nitrogen and oxygen atoms in total. The van der Waals surface area contributed by atoms with Crippen LogP contribution in [0.15, 0.2) is 29.2 Å². The highest BCUT2D eigenvalue weighted by Gasteiger charge is 2.16. The SMILES string of the molecule is COC(=O)C(Br)COc1ccc(S(C)(=O)=O)cc1. The summed E-state index contributed by atoms with van der Waals surface area (Å²) in [5.41, 5.74) is 0. The van der Waals surface area contributed by atoms with Crippen LogP contribution in [-0.2, 0) is 19.4 Å². The Morgan fingerprint density at radius 3 is 2.33 bits per heavy atom. The Labute approximate surface area is 114 Å². The molecule has 0 aliphatic rings. The maximum Gasteiger partial charge on any atom is 0.322 e. The van der Waals surface area contributed by atoms with Crippen LogP contribution in [0.3, 0.4) is 0 Å². The van der Waals surface area contributed by atoms with Crippen LogP contribution < -0.4 is 4.74 Å². The number of methoxy groups -OCH3 is 1. The van der Waals surface area contributed by atoms with Crippen molar-refractivity contribution in [1.29, 1.82) is 0 Å². The highest BCUT2D eigenvalue weighted by Crippen LogP contribution is 2.16. The van der Waals surface area contributed by atoms with Gasteiger partial charge in [0.05, 0.1) is 12.0 Å². The third-order valence-corrected chi connectivity index (χ3v) is 3.87. The molecule has 0 radical (unpaired) electrons. The van der Waals surface area contributed by atoms with Gasteiger partial charge in [0.1, 0.15) is 17.2 Å². The first-order valence-corrected chi connectivity index (χ1v) is 7.80. The monoisotopic (exact) mass is 336 g/mol. The average Bonchev–Trinajstić information content (AvgIpc) is 2.34. The van der Waals surface area contributed by atoms with Crippen molar-refractivity contribution in [2.75, 3.05) is 20.0 Å². The van der Waals surface area contributed by atoms with Crippen molar-refractivity contribution in [2.24, 2.45) is 0 Å². The summed E-state index contributed by atoms with van der Waals surface area (Å²) >= 11 is 3.11. The number of halogens is 1. The molecule has 1 unspecified atom stereocenters. The Kier molecular flexibility index (Phi) is 5.15. The molecule has 0 saturated carbocycles. The summed E-state index contributed by atoms with van der Waals surface area (Å²) < 4.78 is 32.3. The van der Waals surface area contributed by atoms with Crippen molar-refractivity contribution in [1.82, 2.24) is 0 Å². The Morgan fingerprint density at radius 1 is 1.33 bits per heavy atom. The molecule has 0 amide bonds. The van der Waals surface area contributed by atoms with E-state index in [9.17, 15) is 13.2 Å². The number of benzene rings is 1. The number of hydrogen-bond acceptors (Lipinski definition) is 5. The lowest BCUT2D eigenvalue weighted by Gasteiger charge is -2.10. The van der Waals surface area contributed by atoms with Crippen LogP contribution in [0.5, 0.6) is 5.75 Å². The fourth-order valence-electron chi connectivity index (χ4n) is 1.15. The minimum atomic E-state index is -3.21. The Balaban J connectivity index is 2.63. The van der Waals surface area contributed by atoms with Crippen molar-refractivity contribution < 1.29 is 22.7 Å². The lowest BCUT2D eigenvalue weighted by atomic mass is 10.3. The van der Waals surface area contributed by atoms with Crippen molar-refractivity contribution >= 4 is 31.7 Å². The fraction of sp³-hybridized carbons (Fsp3) is 0.364. The second-order valence-corrected chi connectivity index (χ2v) is 6.67. The van der Waals surface area contributed by atoms with E-state index in [0.29, 0.717) is 5.75 Å². The van der Waals surface area contributed by atoms with E-state index in [1.165, 1.54) is 31.4 Å². The largest absolute Gasteiger partial charge is 0.492 e. The first kappa shape index (κ1) is 15.0. The molecule has 0 saturated heterocycles. The molecule has 0 fully saturated rings. The molecule has 0 bridgehead atoms. The normalized spacial score (nSPS) is 12.8. The average molecular weight is 337 g/mol. The van der Waals surface area contributed by atoms with Gasteiger partial charge in [0, 0.05) is 6.26 Å². The minimum Gasteiger partial charge on any atom is -0.492 e. The van der Waals surface area contributed by atoms with Crippen LogP contribution in [0.4, 0.5) is 0 Å². The first-order valence-electron chi connectivity index (χ1n) is 4.99. The van der Waals surface area contributed by atoms with E-state index in [0.717, 1.165) is 6.26 Å². The second-order valence-electron chi connectivity index (χ2n) is 3.55. The maximum absolute atomic E-state index is 11.2. The van der Waals surface area contributed by atoms with E-state index in [2.05, 4.69) is 20.7 Å². The van der Waals surface area contributed by atoms with Gasteiger partial charge in [0.25, 0.3) is 0 Å². The number of sulfone groups is 1. The third-order valence-electron chi connectivity index (χ3n) is 2.11. The molecule has 1 aromatic rings. The highest BCUT2D eigenvalue weighted by molar-refractivity contribution is 9.10. The van der Waals surface area contributed by atoms with Gasteiger partial charge in [0.15, 0.2) is 9.84 Å². The molecule has 1 aromatic carbocycles. The number of ether oxygens (including phenoxy) is 2. The quantitative estimate of drug-likeness (QED) is 0.600. The van der Waals surface area contributed by atoms with Gasteiger partial charge in [-0.25, -0.2) is 8.42 Å². The number of carbonyl (C=O) groups is 1. The van der Waals surface area contributed by atoms with Gasteiger partial charge in [-0.1, -0.05) is 15.9 Å².